The second-order valence-electron chi connectivity index (χ2n) is 6.76. The molecule has 23 heavy (non-hydrogen) atoms. The van der Waals surface area contributed by atoms with Crippen molar-refractivity contribution in [3.05, 3.63) is 30.1 Å². The molecule has 1 heterocycles. The van der Waals surface area contributed by atoms with Crippen molar-refractivity contribution in [2.75, 3.05) is 12.8 Å². The van der Waals surface area contributed by atoms with Gasteiger partial charge in [0.2, 0.25) is 5.91 Å². The number of carbonyl (C=O) groups excluding carboxylic acids is 1. The first-order valence-corrected chi connectivity index (χ1v) is 9.70. The number of carbonyl (C=O) groups is 1. The molecular formula is C16H21N3O3S. The lowest BCUT2D eigenvalue weighted by molar-refractivity contribution is -0.121. The molecule has 0 aliphatic heterocycles. The van der Waals surface area contributed by atoms with E-state index in [1.807, 2.05) is 24.3 Å². The largest absolute Gasteiger partial charge is 0.354 e. The van der Waals surface area contributed by atoms with Crippen LogP contribution in [-0.2, 0) is 26.9 Å². The lowest BCUT2D eigenvalue weighted by Gasteiger charge is -2.12. The summed E-state index contributed by atoms with van der Waals surface area (Å²) in [5.74, 6) is 0.115. The molecule has 0 saturated heterocycles. The van der Waals surface area contributed by atoms with E-state index in [2.05, 4.69) is 17.2 Å². The standard InChI is InChI=1S/C16H21N3O3S/c1-16(7-8-16)11-17-15(20)9-19-13-6-4-3-5-12(13)18-14(19)10-23(2,21)22/h3-6H,7-11H2,1-2H3,(H,17,20). The van der Waals surface area contributed by atoms with Gasteiger partial charge in [-0.05, 0) is 30.4 Å². The van der Waals surface area contributed by atoms with E-state index in [4.69, 9.17) is 0 Å². The number of nitrogens with one attached hydrogen (secondary N) is 1. The van der Waals surface area contributed by atoms with Crippen molar-refractivity contribution in [3.63, 3.8) is 0 Å². The van der Waals surface area contributed by atoms with E-state index in [9.17, 15) is 13.2 Å². The van der Waals surface area contributed by atoms with E-state index in [1.54, 1.807) is 4.57 Å². The van der Waals surface area contributed by atoms with E-state index in [1.165, 1.54) is 6.26 Å². The molecule has 1 aliphatic rings. The van der Waals surface area contributed by atoms with E-state index in [0.29, 0.717) is 17.9 Å². The molecule has 1 aromatic heterocycles. The summed E-state index contributed by atoms with van der Waals surface area (Å²) < 4.78 is 24.9. The van der Waals surface area contributed by atoms with Crippen LogP contribution in [0, 0.1) is 5.41 Å². The van der Waals surface area contributed by atoms with E-state index >= 15 is 0 Å². The van der Waals surface area contributed by atoms with E-state index in [0.717, 1.165) is 18.4 Å². The lowest BCUT2D eigenvalue weighted by Crippen LogP contribution is -2.32. The quantitative estimate of drug-likeness (QED) is 0.867. The average Bonchev–Trinajstić information content (AvgIpc) is 3.11. The van der Waals surface area contributed by atoms with Crippen molar-refractivity contribution in [2.45, 2.75) is 32.1 Å². The summed E-state index contributed by atoms with van der Waals surface area (Å²) in [5.41, 5.74) is 1.72. The number of hydrogen-bond acceptors (Lipinski definition) is 4. The van der Waals surface area contributed by atoms with Gasteiger partial charge in [0.05, 0.1) is 11.0 Å². The molecule has 1 aliphatic carbocycles. The first-order chi connectivity index (χ1) is 10.8. The van der Waals surface area contributed by atoms with E-state index in [-0.39, 0.29) is 23.6 Å². The van der Waals surface area contributed by atoms with Gasteiger partial charge in [0.1, 0.15) is 18.1 Å². The summed E-state index contributed by atoms with van der Waals surface area (Å²) in [5, 5.41) is 2.94. The molecule has 1 aromatic carbocycles. The van der Waals surface area contributed by atoms with Gasteiger partial charge < -0.3 is 9.88 Å². The number of imidazole rings is 1. The Bertz CT molecular complexity index is 851. The van der Waals surface area contributed by atoms with E-state index < -0.39 is 9.84 Å². The fourth-order valence-corrected chi connectivity index (χ4v) is 3.24. The monoisotopic (exact) mass is 335 g/mol. The maximum absolute atomic E-state index is 12.2. The first kappa shape index (κ1) is 16.0. The number of hydrogen-bond donors (Lipinski definition) is 1. The highest BCUT2D eigenvalue weighted by molar-refractivity contribution is 7.89. The Morgan fingerprint density at radius 2 is 2.04 bits per heavy atom. The summed E-state index contributed by atoms with van der Waals surface area (Å²) in [4.78, 5) is 16.6. The normalized spacial score (nSPS) is 16.4. The van der Waals surface area contributed by atoms with Crippen molar-refractivity contribution in [1.29, 1.82) is 0 Å². The van der Waals surface area contributed by atoms with Gasteiger partial charge >= 0.3 is 0 Å². The summed E-state index contributed by atoms with van der Waals surface area (Å²) in [6.45, 7) is 2.90. The molecular weight excluding hydrogens is 314 g/mol. The van der Waals surface area contributed by atoms with Crippen molar-refractivity contribution in [3.8, 4) is 0 Å². The van der Waals surface area contributed by atoms with Crippen LogP contribution in [0.25, 0.3) is 11.0 Å². The van der Waals surface area contributed by atoms with Crippen LogP contribution >= 0.6 is 0 Å². The smallest absolute Gasteiger partial charge is 0.240 e. The van der Waals surface area contributed by atoms with Crippen molar-refractivity contribution in [2.24, 2.45) is 5.41 Å². The SMILES string of the molecule is CC1(CNC(=O)Cn2c(CS(C)(=O)=O)nc3ccccc32)CC1. The minimum Gasteiger partial charge on any atom is -0.354 e. The lowest BCUT2D eigenvalue weighted by atomic mass is 10.1. The Labute approximate surface area is 135 Å². The van der Waals surface area contributed by atoms with Crippen LogP contribution in [0.15, 0.2) is 24.3 Å². The molecule has 0 bridgehead atoms. The highest BCUT2D eigenvalue weighted by atomic mass is 32.2. The summed E-state index contributed by atoms with van der Waals surface area (Å²) in [6, 6.07) is 7.37. The summed E-state index contributed by atoms with van der Waals surface area (Å²) >= 11 is 0. The van der Waals surface area contributed by atoms with Gasteiger partial charge in [-0.3, -0.25) is 4.79 Å². The third-order valence-corrected chi connectivity index (χ3v) is 5.03. The third kappa shape index (κ3) is 3.90. The second-order valence-corrected chi connectivity index (χ2v) is 8.90. The minimum absolute atomic E-state index is 0.0848. The highest BCUT2D eigenvalue weighted by Crippen LogP contribution is 2.44. The van der Waals surface area contributed by atoms with Crippen LogP contribution in [0.4, 0.5) is 0 Å². The Morgan fingerprint density at radius 1 is 1.35 bits per heavy atom. The predicted molar refractivity (Wildman–Crippen MR) is 88.6 cm³/mol. The fourth-order valence-electron chi connectivity index (χ4n) is 2.55. The molecule has 1 saturated carbocycles. The van der Waals surface area contributed by atoms with Crippen LogP contribution in [0.5, 0.6) is 0 Å². The van der Waals surface area contributed by atoms with Crippen LogP contribution in [-0.4, -0.2) is 36.7 Å². The number of amides is 1. The topological polar surface area (TPSA) is 81.1 Å². The molecule has 0 spiro atoms. The minimum atomic E-state index is -3.22. The maximum atomic E-state index is 12.2. The number of benzene rings is 1. The Hall–Kier alpha value is -1.89. The average molecular weight is 335 g/mol. The molecule has 124 valence electrons. The van der Waals surface area contributed by atoms with Crippen LogP contribution in [0.3, 0.4) is 0 Å². The summed E-state index contributed by atoms with van der Waals surface area (Å²) in [6.07, 6.45) is 3.45. The molecule has 1 N–H and O–H groups in total. The van der Waals surface area contributed by atoms with Gasteiger partial charge in [-0.15, -0.1) is 0 Å². The second kappa shape index (κ2) is 5.63. The van der Waals surface area contributed by atoms with Crippen molar-refractivity contribution in [1.82, 2.24) is 14.9 Å². The van der Waals surface area contributed by atoms with Gasteiger partial charge in [-0.1, -0.05) is 19.1 Å². The third-order valence-electron chi connectivity index (χ3n) is 4.24. The van der Waals surface area contributed by atoms with Gasteiger partial charge in [0.25, 0.3) is 0 Å². The van der Waals surface area contributed by atoms with Crippen molar-refractivity contribution < 1.29 is 13.2 Å². The Balaban J connectivity index is 1.84. The molecule has 0 unspecified atom stereocenters. The number of nitrogens with zero attached hydrogens (tertiary/aromatic N) is 2. The maximum Gasteiger partial charge on any atom is 0.240 e. The first-order valence-electron chi connectivity index (χ1n) is 7.64. The molecule has 1 amide bonds. The number of rotatable bonds is 6. The van der Waals surface area contributed by atoms with Crippen LogP contribution in [0.1, 0.15) is 25.6 Å². The zero-order chi connectivity index (χ0) is 16.7. The molecule has 1 fully saturated rings. The van der Waals surface area contributed by atoms with Crippen LogP contribution < -0.4 is 5.32 Å². The molecule has 2 aromatic rings. The zero-order valence-electron chi connectivity index (χ0n) is 13.4. The molecule has 6 nitrogen and oxygen atoms in total. The number of sulfone groups is 1. The zero-order valence-corrected chi connectivity index (χ0v) is 14.2. The molecule has 3 rings (SSSR count). The Morgan fingerprint density at radius 3 is 2.70 bits per heavy atom. The summed E-state index contributed by atoms with van der Waals surface area (Å²) in [7, 11) is -3.22. The van der Waals surface area contributed by atoms with Gasteiger partial charge in [0.15, 0.2) is 9.84 Å². The predicted octanol–water partition coefficient (Wildman–Crippen LogP) is 1.50. The number of fused-ring (bicyclic) bond motifs is 1. The van der Waals surface area contributed by atoms with Crippen molar-refractivity contribution >= 4 is 26.8 Å². The molecule has 0 atom stereocenters. The van der Waals surface area contributed by atoms with Gasteiger partial charge in [-0.25, -0.2) is 13.4 Å². The van der Waals surface area contributed by atoms with Gasteiger partial charge in [0, 0.05) is 12.8 Å². The molecule has 0 radical (unpaired) electrons. The number of aromatic nitrogens is 2. The fraction of sp³-hybridized carbons (Fsp3) is 0.500. The number of para-hydroxylation sites is 2. The molecule has 7 heteroatoms. The highest BCUT2D eigenvalue weighted by Gasteiger charge is 2.37. The Kier molecular flexibility index (Phi) is 3.91. The van der Waals surface area contributed by atoms with Gasteiger partial charge in [-0.2, -0.15) is 0 Å². The van der Waals surface area contributed by atoms with Crippen LogP contribution in [0.2, 0.25) is 0 Å².